The lowest BCUT2D eigenvalue weighted by atomic mass is 10.2. The van der Waals surface area contributed by atoms with Crippen LogP contribution in [0, 0.1) is 0 Å². The van der Waals surface area contributed by atoms with Crippen LogP contribution >= 0.6 is 0 Å². The molecule has 2 heterocycles. The number of pyridine rings is 1. The van der Waals surface area contributed by atoms with Gasteiger partial charge in [-0.15, -0.1) is 0 Å². The van der Waals surface area contributed by atoms with Crippen molar-refractivity contribution in [3.05, 3.63) is 77.6 Å². The number of aromatic nitrogens is 2. The second-order valence-electron chi connectivity index (χ2n) is 6.85. The Hall–Kier alpha value is -3.15. The number of amides is 1. The molecule has 1 aliphatic carbocycles. The number of carbonyl (C=O) groups is 1. The molecular formula is C21H22N4O2. The number of benzene rings is 1. The van der Waals surface area contributed by atoms with Gasteiger partial charge in [0.15, 0.2) is 12.1 Å². The number of carbonyl (C=O) groups excluding carboxylic acids is 1. The molecule has 0 spiro atoms. The van der Waals surface area contributed by atoms with Gasteiger partial charge in [-0.1, -0.05) is 36.4 Å². The van der Waals surface area contributed by atoms with E-state index in [2.05, 4.69) is 32.3 Å². The highest BCUT2D eigenvalue weighted by Crippen LogP contribution is 2.41. The molecule has 1 N–H and O–H groups in total. The van der Waals surface area contributed by atoms with Crippen LogP contribution < -0.4 is 10.2 Å². The number of oxazole rings is 1. The first-order valence-corrected chi connectivity index (χ1v) is 9.13. The molecule has 0 aliphatic heterocycles. The average Bonchev–Trinajstić information content (AvgIpc) is 3.43. The topological polar surface area (TPSA) is 71.3 Å². The molecule has 0 radical (unpaired) electrons. The second kappa shape index (κ2) is 7.61. The van der Waals surface area contributed by atoms with E-state index in [9.17, 15) is 4.79 Å². The van der Waals surface area contributed by atoms with Crippen molar-refractivity contribution in [2.24, 2.45) is 0 Å². The first-order chi connectivity index (χ1) is 13.2. The van der Waals surface area contributed by atoms with Gasteiger partial charge in [-0.3, -0.25) is 4.79 Å². The fraction of sp³-hybridized carbons (Fsp3) is 0.286. The quantitative estimate of drug-likeness (QED) is 0.696. The Kier molecular flexibility index (Phi) is 4.87. The van der Waals surface area contributed by atoms with E-state index in [1.165, 1.54) is 12.0 Å². The van der Waals surface area contributed by atoms with E-state index in [0.717, 1.165) is 30.8 Å². The smallest absolute Gasteiger partial charge is 0.273 e. The summed E-state index contributed by atoms with van der Waals surface area (Å²) in [5.74, 6) is 1.70. The summed E-state index contributed by atoms with van der Waals surface area (Å²) >= 11 is 0. The average molecular weight is 362 g/mol. The van der Waals surface area contributed by atoms with E-state index in [-0.39, 0.29) is 5.91 Å². The maximum absolute atomic E-state index is 12.5. The Morgan fingerprint density at radius 3 is 2.78 bits per heavy atom. The largest absolute Gasteiger partial charge is 0.447 e. The molecule has 1 amide bonds. The lowest BCUT2D eigenvalue weighted by Gasteiger charge is -2.21. The minimum absolute atomic E-state index is 0.203. The predicted octanol–water partition coefficient (Wildman–Crippen LogP) is 3.51. The molecule has 27 heavy (non-hydrogen) atoms. The maximum Gasteiger partial charge on any atom is 0.273 e. The number of nitrogens with zero attached hydrogens (tertiary/aromatic N) is 3. The zero-order valence-electron chi connectivity index (χ0n) is 15.3. The van der Waals surface area contributed by atoms with Gasteiger partial charge in [-0.2, -0.15) is 0 Å². The summed E-state index contributed by atoms with van der Waals surface area (Å²) in [5, 5.41) is 2.96. The molecule has 1 saturated carbocycles. The van der Waals surface area contributed by atoms with E-state index in [1.807, 2.05) is 37.4 Å². The third-order valence-electron chi connectivity index (χ3n) is 4.69. The minimum atomic E-state index is -0.203. The minimum Gasteiger partial charge on any atom is -0.447 e. The molecule has 1 aliphatic rings. The van der Waals surface area contributed by atoms with Crippen LogP contribution in [0.1, 0.15) is 46.1 Å². The van der Waals surface area contributed by atoms with Crippen molar-refractivity contribution >= 4 is 11.7 Å². The Labute approximate surface area is 158 Å². The first kappa shape index (κ1) is 17.3. The Morgan fingerprint density at radius 1 is 1.19 bits per heavy atom. The van der Waals surface area contributed by atoms with Crippen molar-refractivity contribution in [3.63, 3.8) is 0 Å². The van der Waals surface area contributed by atoms with Crippen LogP contribution in [0.4, 0.5) is 5.82 Å². The van der Waals surface area contributed by atoms with Crippen molar-refractivity contribution in [3.8, 4) is 0 Å². The Bertz CT molecular complexity index is 919. The van der Waals surface area contributed by atoms with E-state index in [4.69, 9.17) is 4.42 Å². The van der Waals surface area contributed by atoms with Crippen LogP contribution in [0.15, 0.2) is 59.5 Å². The molecule has 1 fully saturated rings. The van der Waals surface area contributed by atoms with E-state index >= 15 is 0 Å². The van der Waals surface area contributed by atoms with Gasteiger partial charge in [0, 0.05) is 37.8 Å². The molecule has 0 unspecified atom stereocenters. The summed E-state index contributed by atoms with van der Waals surface area (Å²) in [4.78, 5) is 23.2. The van der Waals surface area contributed by atoms with Gasteiger partial charge >= 0.3 is 0 Å². The Morgan fingerprint density at radius 2 is 2.00 bits per heavy atom. The summed E-state index contributed by atoms with van der Waals surface area (Å²) < 4.78 is 5.40. The van der Waals surface area contributed by atoms with Gasteiger partial charge in [0.2, 0.25) is 0 Å². The summed E-state index contributed by atoms with van der Waals surface area (Å²) in [5.41, 5.74) is 2.57. The highest BCUT2D eigenvalue weighted by Gasteiger charge is 2.32. The third-order valence-corrected chi connectivity index (χ3v) is 4.69. The number of hydrogen-bond acceptors (Lipinski definition) is 5. The van der Waals surface area contributed by atoms with Gasteiger partial charge in [-0.25, -0.2) is 9.97 Å². The number of anilines is 1. The zero-order valence-corrected chi connectivity index (χ0v) is 15.3. The molecular weight excluding hydrogens is 340 g/mol. The summed E-state index contributed by atoms with van der Waals surface area (Å²) in [6.45, 7) is 1.13. The molecule has 2 aromatic heterocycles. The van der Waals surface area contributed by atoms with Crippen molar-refractivity contribution in [2.45, 2.75) is 31.8 Å². The van der Waals surface area contributed by atoms with Crippen LogP contribution in [-0.4, -0.2) is 22.9 Å². The molecule has 1 aromatic carbocycles. The van der Waals surface area contributed by atoms with Crippen molar-refractivity contribution < 1.29 is 9.21 Å². The fourth-order valence-electron chi connectivity index (χ4n) is 3.16. The molecule has 0 saturated heterocycles. The fourth-order valence-corrected chi connectivity index (χ4v) is 3.16. The normalized spacial score (nSPS) is 13.4. The van der Waals surface area contributed by atoms with Crippen molar-refractivity contribution in [1.82, 2.24) is 15.3 Å². The number of hydrogen-bond donors (Lipinski definition) is 1. The highest BCUT2D eigenvalue weighted by atomic mass is 16.3. The maximum atomic E-state index is 12.5. The van der Waals surface area contributed by atoms with Gasteiger partial charge in [0.1, 0.15) is 11.6 Å². The summed E-state index contributed by atoms with van der Waals surface area (Å²) in [6.07, 6.45) is 5.25. The van der Waals surface area contributed by atoms with Crippen molar-refractivity contribution in [1.29, 1.82) is 0 Å². The molecule has 4 rings (SSSR count). The van der Waals surface area contributed by atoms with Crippen LogP contribution in [-0.2, 0) is 13.1 Å². The molecule has 0 bridgehead atoms. The van der Waals surface area contributed by atoms with E-state index < -0.39 is 0 Å². The number of nitrogens with one attached hydrogen (secondary N) is 1. The van der Waals surface area contributed by atoms with Crippen LogP contribution in [0.3, 0.4) is 0 Å². The molecule has 3 aromatic rings. The summed E-state index contributed by atoms with van der Waals surface area (Å²) in [6, 6.07) is 14.1. The number of rotatable bonds is 7. The van der Waals surface area contributed by atoms with Crippen LogP contribution in [0.25, 0.3) is 0 Å². The molecule has 6 nitrogen and oxygen atoms in total. The second-order valence-corrected chi connectivity index (χ2v) is 6.85. The summed E-state index contributed by atoms with van der Waals surface area (Å²) in [7, 11) is 2.00. The monoisotopic (exact) mass is 362 g/mol. The predicted molar refractivity (Wildman–Crippen MR) is 102 cm³/mol. The van der Waals surface area contributed by atoms with Crippen LogP contribution in [0.2, 0.25) is 0 Å². The standard InChI is InChI=1S/C21H22N4O2/c1-25(13-15-6-3-2-4-7-15)20-17(8-5-11-22-20)12-23-21(26)18-19(16-9-10-16)27-14-24-18/h2-8,11,14,16H,9-10,12-13H2,1H3,(H,23,26). The third kappa shape index (κ3) is 4.00. The van der Waals surface area contributed by atoms with Gasteiger partial charge in [0.05, 0.1) is 0 Å². The lowest BCUT2D eigenvalue weighted by molar-refractivity contribution is 0.0944. The van der Waals surface area contributed by atoms with Gasteiger partial charge in [0.25, 0.3) is 5.91 Å². The van der Waals surface area contributed by atoms with E-state index in [1.54, 1.807) is 6.20 Å². The van der Waals surface area contributed by atoms with E-state index in [0.29, 0.717) is 23.9 Å². The van der Waals surface area contributed by atoms with Crippen molar-refractivity contribution in [2.75, 3.05) is 11.9 Å². The van der Waals surface area contributed by atoms with Gasteiger partial charge in [-0.05, 0) is 24.5 Å². The lowest BCUT2D eigenvalue weighted by Crippen LogP contribution is -2.26. The SMILES string of the molecule is CN(Cc1ccccc1)c1ncccc1CNC(=O)c1ncoc1C1CC1. The molecule has 0 atom stereocenters. The molecule has 138 valence electrons. The Balaban J connectivity index is 1.44. The zero-order chi connectivity index (χ0) is 18.6. The highest BCUT2D eigenvalue weighted by molar-refractivity contribution is 5.93. The molecule has 6 heteroatoms. The first-order valence-electron chi connectivity index (χ1n) is 9.13. The van der Waals surface area contributed by atoms with Gasteiger partial charge < -0.3 is 14.6 Å². The van der Waals surface area contributed by atoms with Crippen LogP contribution in [0.5, 0.6) is 0 Å².